The first kappa shape index (κ1) is 13.6. The number of nitrogens with zero attached hydrogens (tertiary/aromatic N) is 1. The third kappa shape index (κ3) is 3.82. The number of rotatable bonds is 6. The number of anilines is 1. The molecule has 0 bridgehead atoms. The Morgan fingerprint density at radius 1 is 1.63 bits per heavy atom. The number of nitrogens with one attached hydrogen (secondary N) is 1. The first-order valence-electron chi connectivity index (χ1n) is 6.02. The summed E-state index contributed by atoms with van der Waals surface area (Å²) in [5, 5.41) is 3.99. The molecule has 0 spiro atoms. The van der Waals surface area contributed by atoms with Gasteiger partial charge in [0.05, 0.1) is 19.6 Å². The topological polar surface area (TPSA) is 64.4 Å². The van der Waals surface area contributed by atoms with Crippen LogP contribution in [0, 0.1) is 0 Å². The lowest BCUT2D eigenvalue weighted by molar-refractivity contribution is 0.0606. The highest BCUT2D eigenvalue weighted by Gasteiger charge is 2.12. The number of esters is 1. The molecule has 102 valence electrons. The normalized spacial score (nSPS) is 12.1. The first-order valence-corrected chi connectivity index (χ1v) is 6.83. The molecule has 0 aliphatic heterocycles. The molecule has 0 aliphatic rings. The maximum absolute atomic E-state index is 11.3. The number of hydrogen-bond donors (Lipinski definition) is 1. The summed E-state index contributed by atoms with van der Waals surface area (Å²) in [4.78, 5) is 16.0. The van der Waals surface area contributed by atoms with Gasteiger partial charge in [0.15, 0.2) is 5.13 Å². The van der Waals surface area contributed by atoms with E-state index in [1.807, 2.05) is 12.1 Å². The molecule has 1 N–H and O–H groups in total. The summed E-state index contributed by atoms with van der Waals surface area (Å²) in [5.74, 6) is 0.622. The smallest absolute Gasteiger partial charge is 0.349 e. The molecular formula is C13H16N2O3S. The molecule has 0 aliphatic carbocycles. The largest absolute Gasteiger partial charge is 0.469 e. The first-order chi connectivity index (χ1) is 9.19. The Hall–Kier alpha value is -1.82. The average molecular weight is 280 g/mol. The minimum absolute atomic E-state index is 0.252. The van der Waals surface area contributed by atoms with E-state index in [1.54, 1.807) is 6.26 Å². The molecule has 1 atom stereocenters. The van der Waals surface area contributed by atoms with Crippen LogP contribution in [0.4, 0.5) is 5.13 Å². The van der Waals surface area contributed by atoms with Crippen LogP contribution in [0.3, 0.4) is 0 Å². The highest BCUT2D eigenvalue weighted by atomic mass is 32.1. The molecule has 19 heavy (non-hydrogen) atoms. The van der Waals surface area contributed by atoms with Crippen LogP contribution in [-0.4, -0.2) is 24.1 Å². The van der Waals surface area contributed by atoms with E-state index >= 15 is 0 Å². The van der Waals surface area contributed by atoms with Crippen LogP contribution in [0.5, 0.6) is 0 Å². The van der Waals surface area contributed by atoms with E-state index < -0.39 is 0 Å². The van der Waals surface area contributed by atoms with Crippen molar-refractivity contribution in [3.8, 4) is 0 Å². The summed E-state index contributed by atoms with van der Waals surface area (Å²) >= 11 is 1.30. The lowest BCUT2D eigenvalue weighted by atomic mass is 10.1. The number of hydrogen-bond acceptors (Lipinski definition) is 6. The Balaban J connectivity index is 1.83. The van der Waals surface area contributed by atoms with Gasteiger partial charge in [-0.05, 0) is 25.5 Å². The second-order valence-corrected chi connectivity index (χ2v) is 5.22. The molecule has 2 aromatic rings. The molecule has 2 aromatic heterocycles. The fourth-order valence-corrected chi connectivity index (χ4v) is 2.48. The van der Waals surface area contributed by atoms with Crippen LogP contribution in [-0.2, 0) is 11.2 Å². The molecule has 1 unspecified atom stereocenters. The van der Waals surface area contributed by atoms with E-state index in [4.69, 9.17) is 4.42 Å². The Morgan fingerprint density at radius 3 is 3.16 bits per heavy atom. The maximum Gasteiger partial charge on any atom is 0.349 e. The number of aromatic nitrogens is 1. The zero-order chi connectivity index (χ0) is 13.7. The standard InChI is InChI=1S/C13H16N2O3S/c1-9(5-6-10-4-3-7-18-10)15-13-14-8-11(19-13)12(16)17-2/h3-4,7-9H,5-6H2,1-2H3,(H,14,15). The van der Waals surface area contributed by atoms with Gasteiger partial charge in [0.25, 0.3) is 0 Å². The van der Waals surface area contributed by atoms with Crippen molar-refractivity contribution < 1.29 is 13.9 Å². The molecule has 2 heterocycles. The molecule has 0 radical (unpaired) electrons. The summed E-state index contributed by atoms with van der Waals surface area (Å²) in [6.07, 6.45) is 5.01. The summed E-state index contributed by atoms with van der Waals surface area (Å²) in [5.41, 5.74) is 0. The Morgan fingerprint density at radius 2 is 2.47 bits per heavy atom. The third-order valence-corrected chi connectivity index (χ3v) is 3.57. The van der Waals surface area contributed by atoms with E-state index in [9.17, 15) is 4.79 Å². The number of ether oxygens (including phenoxy) is 1. The number of carbonyl (C=O) groups is 1. The number of methoxy groups -OCH3 is 1. The molecule has 5 nitrogen and oxygen atoms in total. The minimum Gasteiger partial charge on any atom is -0.469 e. The van der Waals surface area contributed by atoms with Gasteiger partial charge in [-0.1, -0.05) is 11.3 Å². The predicted molar refractivity (Wildman–Crippen MR) is 73.6 cm³/mol. The maximum atomic E-state index is 11.3. The van der Waals surface area contributed by atoms with Gasteiger partial charge in [0, 0.05) is 12.5 Å². The third-order valence-electron chi connectivity index (χ3n) is 2.67. The van der Waals surface area contributed by atoms with Gasteiger partial charge in [0.2, 0.25) is 0 Å². The number of thiazole rings is 1. The second kappa shape index (κ2) is 6.38. The highest BCUT2D eigenvalue weighted by molar-refractivity contribution is 7.17. The molecule has 0 aromatic carbocycles. The molecule has 0 saturated carbocycles. The van der Waals surface area contributed by atoms with Crippen molar-refractivity contribution in [3.63, 3.8) is 0 Å². The fraction of sp³-hybridized carbons (Fsp3) is 0.385. The molecule has 2 rings (SSSR count). The van der Waals surface area contributed by atoms with Gasteiger partial charge in [-0.3, -0.25) is 0 Å². The summed E-state index contributed by atoms with van der Waals surface area (Å²) < 4.78 is 9.92. The second-order valence-electron chi connectivity index (χ2n) is 4.18. The van der Waals surface area contributed by atoms with Gasteiger partial charge < -0.3 is 14.5 Å². The van der Waals surface area contributed by atoms with E-state index in [2.05, 4.69) is 22.0 Å². The zero-order valence-corrected chi connectivity index (χ0v) is 11.7. The van der Waals surface area contributed by atoms with E-state index in [0.29, 0.717) is 4.88 Å². The van der Waals surface area contributed by atoms with Crippen molar-refractivity contribution in [1.29, 1.82) is 0 Å². The number of furan rings is 1. The van der Waals surface area contributed by atoms with E-state index in [1.165, 1.54) is 24.6 Å². The van der Waals surface area contributed by atoms with E-state index in [0.717, 1.165) is 23.7 Å². The summed E-state index contributed by atoms with van der Waals surface area (Å²) in [6.45, 7) is 2.07. The highest BCUT2D eigenvalue weighted by Crippen LogP contribution is 2.20. The van der Waals surface area contributed by atoms with Crippen molar-refractivity contribution in [3.05, 3.63) is 35.2 Å². The minimum atomic E-state index is -0.353. The average Bonchev–Trinajstić information content (AvgIpc) is 3.06. The lowest BCUT2D eigenvalue weighted by Crippen LogP contribution is -2.15. The number of carbonyl (C=O) groups excluding carboxylic acids is 1. The quantitative estimate of drug-likeness (QED) is 0.824. The number of aryl methyl sites for hydroxylation is 1. The monoisotopic (exact) mass is 280 g/mol. The molecule has 0 saturated heterocycles. The van der Waals surface area contributed by atoms with Crippen LogP contribution in [0.15, 0.2) is 29.0 Å². The van der Waals surface area contributed by atoms with Crippen molar-refractivity contribution in [1.82, 2.24) is 4.98 Å². The van der Waals surface area contributed by atoms with Crippen molar-refractivity contribution >= 4 is 22.4 Å². The Labute approximate surface area is 115 Å². The fourth-order valence-electron chi connectivity index (χ4n) is 1.63. The molecule has 0 fully saturated rings. The molecule has 6 heteroatoms. The van der Waals surface area contributed by atoms with Gasteiger partial charge >= 0.3 is 5.97 Å². The van der Waals surface area contributed by atoms with Crippen LogP contribution in [0.1, 0.15) is 28.8 Å². The van der Waals surface area contributed by atoms with Gasteiger partial charge in [-0.2, -0.15) is 0 Å². The Kier molecular flexibility index (Phi) is 4.57. The van der Waals surface area contributed by atoms with Gasteiger partial charge in [-0.25, -0.2) is 9.78 Å². The van der Waals surface area contributed by atoms with Gasteiger partial charge in [0.1, 0.15) is 10.6 Å². The van der Waals surface area contributed by atoms with Gasteiger partial charge in [-0.15, -0.1) is 0 Å². The van der Waals surface area contributed by atoms with Crippen LogP contribution < -0.4 is 5.32 Å². The molecule has 0 amide bonds. The molecular weight excluding hydrogens is 264 g/mol. The lowest BCUT2D eigenvalue weighted by Gasteiger charge is -2.11. The predicted octanol–water partition coefficient (Wildman–Crippen LogP) is 2.96. The summed E-state index contributed by atoms with van der Waals surface area (Å²) in [7, 11) is 1.36. The zero-order valence-electron chi connectivity index (χ0n) is 10.9. The SMILES string of the molecule is COC(=O)c1cnc(NC(C)CCc2ccco2)s1. The van der Waals surface area contributed by atoms with Crippen molar-refractivity contribution in [2.24, 2.45) is 0 Å². The van der Waals surface area contributed by atoms with Crippen molar-refractivity contribution in [2.75, 3.05) is 12.4 Å². The Bertz CT molecular complexity index is 522. The van der Waals surface area contributed by atoms with Crippen molar-refractivity contribution in [2.45, 2.75) is 25.8 Å². The van der Waals surface area contributed by atoms with Crippen LogP contribution in [0.2, 0.25) is 0 Å². The van der Waals surface area contributed by atoms with E-state index in [-0.39, 0.29) is 12.0 Å². The van der Waals surface area contributed by atoms with Crippen LogP contribution in [0.25, 0.3) is 0 Å². The summed E-state index contributed by atoms with van der Waals surface area (Å²) in [6, 6.07) is 4.10. The van der Waals surface area contributed by atoms with Crippen LogP contribution >= 0.6 is 11.3 Å².